The van der Waals surface area contributed by atoms with Gasteiger partial charge in [0.2, 0.25) is 5.16 Å². The van der Waals surface area contributed by atoms with Crippen LogP contribution < -0.4 is 9.47 Å². The average Bonchev–Trinajstić information content (AvgIpc) is 3.13. The van der Waals surface area contributed by atoms with Crippen LogP contribution in [0.2, 0.25) is 0 Å². The summed E-state index contributed by atoms with van der Waals surface area (Å²) in [7, 11) is 1.62. The fourth-order valence-corrected chi connectivity index (χ4v) is 3.03. The van der Waals surface area contributed by atoms with Crippen LogP contribution in [0.25, 0.3) is 5.69 Å². The molecule has 0 aliphatic carbocycles. The molecule has 2 aromatic carbocycles. The van der Waals surface area contributed by atoms with Crippen molar-refractivity contribution in [2.75, 3.05) is 19.5 Å². The van der Waals surface area contributed by atoms with Gasteiger partial charge >= 0.3 is 0 Å². The van der Waals surface area contributed by atoms with Crippen LogP contribution in [0.1, 0.15) is 11.1 Å². The molecule has 0 aliphatic heterocycles. The van der Waals surface area contributed by atoms with E-state index in [0.29, 0.717) is 34.6 Å². The quantitative estimate of drug-likeness (QED) is 0.469. The second kappa shape index (κ2) is 8.36. The van der Waals surface area contributed by atoms with Gasteiger partial charge in [0.25, 0.3) is 0 Å². The first-order valence-corrected chi connectivity index (χ1v) is 8.89. The number of ether oxygens (including phenoxy) is 2. The Bertz CT molecular complexity index is 935. The summed E-state index contributed by atoms with van der Waals surface area (Å²) in [6.45, 7) is 2.47. The molecule has 0 unspecified atom stereocenters. The van der Waals surface area contributed by atoms with Gasteiger partial charge in [-0.25, -0.2) is 0 Å². The van der Waals surface area contributed by atoms with Crippen LogP contribution in [0.15, 0.2) is 47.6 Å². The zero-order valence-corrected chi connectivity index (χ0v) is 15.2. The molecule has 0 spiro atoms. The van der Waals surface area contributed by atoms with E-state index in [4.69, 9.17) is 14.7 Å². The number of aromatic nitrogens is 4. The van der Waals surface area contributed by atoms with E-state index < -0.39 is 0 Å². The van der Waals surface area contributed by atoms with E-state index in [1.165, 1.54) is 11.8 Å². The SMILES string of the molecule is COc1ccc(C)cc1-n1nnnc1SCCOc1cccc(C#N)c1. The molecule has 0 saturated carbocycles. The number of rotatable bonds is 7. The van der Waals surface area contributed by atoms with Gasteiger partial charge in [-0.15, -0.1) is 5.10 Å². The first-order valence-electron chi connectivity index (χ1n) is 7.90. The molecule has 7 nitrogen and oxygen atoms in total. The largest absolute Gasteiger partial charge is 0.494 e. The van der Waals surface area contributed by atoms with Gasteiger partial charge in [-0.05, 0) is 53.2 Å². The fourth-order valence-electron chi connectivity index (χ4n) is 2.33. The Kier molecular flexibility index (Phi) is 5.71. The molecular weight excluding hydrogens is 350 g/mol. The summed E-state index contributed by atoms with van der Waals surface area (Å²) in [4.78, 5) is 0. The Labute approximate surface area is 155 Å². The standard InChI is InChI=1S/C18H17N5O2S/c1-13-6-7-17(24-2)16(10-13)23-18(20-21-22-23)26-9-8-25-15-5-3-4-14(11-15)12-19/h3-7,10-11H,8-9H2,1-2H3. The van der Waals surface area contributed by atoms with Crippen molar-refractivity contribution in [1.29, 1.82) is 5.26 Å². The third-order valence-electron chi connectivity index (χ3n) is 3.55. The highest BCUT2D eigenvalue weighted by atomic mass is 32.2. The van der Waals surface area contributed by atoms with Crippen LogP contribution in [-0.4, -0.2) is 39.7 Å². The molecule has 0 aliphatic rings. The molecule has 0 bridgehead atoms. The Balaban J connectivity index is 1.65. The van der Waals surface area contributed by atoms with Crippen molar-refractivity contribution in [2.24, 2.45) is 0 Å². The molecule has 8 heteroatoms. The topological polar surface area (TPSA) is 85.8 Å². The molecule has 0 N–H and O–H groups in total. The first-order chi connectivity index (χ1) is 12.7. The predicted octanol–water partition coefficient (Wildman–Crippen LogP) is 3.02. The molecular formula is C18H17N5O2S. The van der Waals surface area contributed by atoms with Crippen LogP contribution in [0.5, 0.6) is 11.5 Å². The monoisotopic (exact) mass is 367 g/mol. The fraction of sp³-hybridized carbons (Fsp3) is 0.222. The number of thioether (sulfide) groups is 1. The Morgan fingerprint density at radius 3 is 2.92 bits per heavy atom. The van der Waals surface area contributed by atoms with Gasteiger partial charge in [0.15, 0.2) is 0 Å². The number of benzene rings is 2. The number of hydrogen-bond donors (Lipinski definition) is 0. The Morgan fingerprint density at radius 2 is 2.12 bits per heavy atom. The molecule has 3 aromatic rings. The smallest absolute Gasteiger partial charge is 0.214 e. The number of aryl methyl sites for hydroxylation is 1. The van der Waals surface area contributed by atoms with Gasteiger partial charge < -0.3 is 9.47 Å². The molecule has 0 atom stereocenters. The van der Waals surface area contributed by atoms with Gasteiger partial charge in [-0.2, -0.15) is 9.94 Å². The lowest BCUT2D eigenvalue weighted by Gasteiger charge is -2.10. The van der Waals surface area contributed by atoms with Crippen LogP contribution in [-0.2, 0) is 0 Å². The number of hydrogen-bond acceptors (Lipinski definition) is 7. The Morgan fingerprint density at radius 1 is 1.23 bits per heavy atom. The molecule has 3 rings (SSSR count). The van der Waals surface area contributed by atoms with E-state index in [0.717, 1.165) is 11.3 Å². The van der Waals surface area contributed by atoms with Crippen LogP contribution in [0.3, 0.4) is 0 Å². The summed E-state index contributed by atoms with van der Waals surface area (Å²) in [6, 6.07) is 15.0. The number of tetrazole rings is 1. The normalized spacial score (nSPS) is 10.3. The van der Waals surface area contributed by atoms with Crippen molar-refractivity contribution >= 4 is 11.8 Å². The maximum Gasteiger partial charge on any atom is 0.214 e. The second-order valence-corrected chi connectivity index (χ2v) is 6.45. The zero-order valence-electron chi connectivity index (χ0n) is 14.4. The van der Waals surface area contributed by atoms with E-state index >= 15 is 0 Å². The van der Waals surface area contributed by atoms with Crippen LogP contribution in [0, 0.1) is 18.3 Å². The van der Waals surface area contributed by atoms with Crippen LogP contribution >= 0.6 is 11.8 Å². The molecule has 0 fully saturated rings. The number of nitrogens with zero attached hydrogens (tertiary/aromatic N) is 5. The second-order valence-electron chi connectivity index (χ2n) is 5.39. The lowest BCUT2D eigenvalue weighted by Crippen LogP contribution is -2.05. The summed E-state index contributed by atoms with van der Waals surface area (Å²) in [5.74, 6) is 2.03. The minimum absolute atomic E-state index is 0.470. The number of nitriles is 1. The minimum Gasteiger partial charge on any atom is -0.494 e. The maximum atomic E-state index is 8.91. The highest BCUT2D eigenvalue weighted by Crippen LogP contribution is 2.27. The summed E-state index contributed by atoms with van der Waals surface area (Å²) >= 11 is 1.48. The Hall–Kier alpha value is -3.05. The van der Waals surface area contributed by atoms with Crippen molar-refractivity contribution in [3.8, 4) is 23.3 Å². The summed E-state index contributed by atoms with van der Waals surface area (Å²) in [5.41, 5.74) is 2.46. The summed E-state index contributed by atoms with van der Waals surface area (Å²) < 4.78 is 12.7. The summed E-state index contributed by atoms with van der Waals surface area (Å²) in [5, 5.41) is 21.5. The first kappa shape index (κ1) is 17.8. The van der Waals surface area contributed by atoms with Gasteiger partial charge in [0.1, 0.15) is 17.2 Å². The molecule has 0 saturated heterocycles. The van der Waals surface area contributed by atoms with Crippen molar-refractivity contribution in [1.82, 2.24) is 20.2 Å². The lowest BCUT2D eigenvalue weighted by atomic mass is 10.2. The van der Waals surface area contributed by atoms with Crippen molar-refractivity contribution in [3.05, 3.63) is 53.6 Å². The average molecular weight is 367 g/mol. The van der Waals surface area contributed by atoms with Crippen molar-refractivity contribution in [2.45, 2.75) is 12.1 Å². The zero-order chi connectivity index (χ0) is 18.4. The minimum atomic E-state index is 0.470. The van der Waals surface area contributed by atoms with E-state index in [9.17, 15) is 0 Å². The van der Waals surface area contributed by atoms with Crippen LogP contribution in [0.4, 0.5) is 0 Å². The third-order valence-corrected chi connectivity index (χ3v) is 4.43. The lowest BCUT2D eigenvalue weighted by molar-refractivity contribution is 0.343. The highest BCUT2D eigenvalue weighted by molar-refractivity contribution is 7.99. The van der Waals surface area contributed by atoms with Gasteiger partial charge in [-0.1, -0.05) is 23.9 Å². The van der Waals surface area contributed by atoms with E-state index in [-0.39, 0.29) is 0 Å². The van der Waals surface area contributed by atoms with Gasteiger partial charge in [0, 0.05) is 5.75 Å². The van der Waals surface area contributed by atoms with E-state index in [1.807, 2.05) is 31.2 Å². The molecule has 1 heterocycles. The predicted molar refractivity (Wildman–Crippen MR) is 97.8 cm³/mol. The van der Waals surface area contributed by atoms with Crippen molar-refractivity contribution < 1.29 is 9.47 Å². The summed E-state index contributed by atoms with van der Waals surface area (Å²) in [6.07, 6.45) is 0. The molecule has 0 radical (unpaired) electrons. The molecule has 132 valence electrons. The molecule has 0 amide bonds. The highest BCUT2D eigenvalue weighted by Gasteiger charge is 2.13. The third kappa shape index (κ3) is 4.13. The van der Waals surface area contributed by atoms with E-state index in [1.54, 1.807) is 30.0 Å². The van der Waals surface area contributed by atoms with E-state index in [2.05, 4.69) is 21.6 Å². The van der Waals surface area contributed by atoms with Gasteiger partial charge in [0.05, 0.1) is 25.3 Å². The number of methoxy groups -OCH3 is 1. The molecule has 1 aromatic heterocycles. The maximum absolute atomic E-state index is 8.91. The van der Waals surface area contributed by atoms with Gasteiger partial charge in [-0.3, -0.25) is 0 Å². The van der Waals surface area contributed by atoms with Crippen molar-refractivity contribution in [3.63, 3.8) is 0 Å². The molecule has 26 heavy (non-hydrogen) atoms.